The average Bonchev–Trinajstić information content (AvgIpc) is 2.75. The average molecular weight is 740 g/mol. The van der Waals surface area contributed by atoms with Crippen molar-refractivity contribution in [3.8, 4) is 0 Å². The molecule has 0 aliphatic carbocycles. The van der Waals surface area contributed by atoms with Gasteiger partial charge in [0, 0.05) is 0 Å². The van der Waals surface area contributed by atoms with E-state index in [2.05, 4.69) is 15.4 Å². The fourth-order valence-corrected chi connectivity index (χ4v) is 4.31. The number of amides is 1. The molecule has 0 radical (unpaired) electrons. The summed E-state index contributed by atoms with van der Waals surface area (Å²) < 4.78 is 16.8. The number of hydrogen-bond donors (Lipinski definition) is 2. The fraction of sp³-hybridized carbons (Fsp3) is 0.655. The molecule has 9 nitrogen and oxygen atoms in total. The fourth-order valence-electron chi connectivity index (χ4n) is 3.18. The van der Waals surface area contributed by atoms with Crippen LogP contribution in [0.4, 0.5) is 0 Å². The number of ether oxygens (including phenoxy) is 3. The van der Waals surface area contributed by atoms with E-state index in [0.717, 1.165) is 0 Å². The molecule has 0 bridgehead atoms. The Kier molecular flexibility index (Phi) is 16.1. The van der Waals surface area contributed by atoms with Gasteiger partial charge in [0.25, 0.3) is 6.47 Å². The molecule has 0 aliphatic heterocycles. The molecule has 1 rings (SSSR count). The summed E-state index contributed by atoms with van der Waals surface area (Å²) >= 11 is 0.674. The molecular weight excluding hydrogens is 693 g/mol. The summed E-state index contributed by atoms with van der Waals surface area (Å²) in [7, 11) is 1.67. The van der Waals surface area contributed by atoms with Gasteiger partial charge < -0.3 is 9.47 Å². The van der Waals surface area contributed by atoms with E-state index in [1.165, 1.54) is 3.12 Å². The van der Waals surface area contributed by atoms with Gasteiger partial charge >= 0.3 is 145 Å². The summed E-state index contributed by atoms with van der Waals surface area (Å²) in [6.45, 7) is 17.2. The Morgan fingerprint density at radius 3 is 1.92 bits per heavy atom. The van der Waals surface area contributed by atoms with Gasteiger partial charge in [-0.15, -0.1) is 0 Å². The summed E-state index contributed by atoms with van der Waals surface area (Å²) in [4.78, 5) is 47.3. The van der Waals surface area contributed by atoms with E-state index < -0.39 is 29.1 Å². The van der Waals surface area contributed by atoms with Crippen molar-refractivity contribution in [2.45, 2.75) is 104 Å². The van der Waals surface area contributed by atoms with E-state index in [0.29, 0.717) is 57.2 Å². The van der Waals surface area contributed by atoms with Crippen molar-refractivity contribution in [3.05, 3.63) is 29.8 Å². The Labute approximate surface area is 250 Å². The van der Waals surface area contributed by atoms with Crippen LogP contribution in [-0.4, -0.2) is 86.5 Å². The molecule has 2 N–H and O–H groups in total. The van der Waals surface area contributed by atoms with Crippen LogP contribution in [0.5, 0.6) is 0 Å². The first-order valence-electron chi connectivity index (χ1n) is 13.2. The summed E-state index contributed by atoms with van der Waals surface area (Å²) in [5.41, 5.74) is -0.910. The molecule has 1 aromatic carbocycles. The second-order valence-electron chi connectivity index (χ2n) is 12.2. The minimum Gasteiger partial charge on any atom is -0.459 e. The molecule has 10 heteroatoms. The van der Waals surface area contributed by atoms with Crippen molar-refractivity contribution in [1.29, 1.82) is 0 Å². The van der Waals surface area contributed by atoms with Crippen LogP contribution in [0.25, 0.3) is 0 Å². The minimum atomic E-state index is -0.626. The molecular formula is C29H47N2O7Tl. The third kappa shape index (κ3) is 18.8. The Morgan fingerprint density at radius 1 is 0.923 bits per heavy atom. The standard InChI is InChI=1S/C24H37N2O5.C5H10O2.Tl/c1-23(2,3)30-21(28)18(16-19(25-7)22(29)31-24(4,5)6)14-11-15-26-20(27)17-12-9-8-10-13-17;1-5(2,3)7-4-6;/h8-9,12-13,18-19,25H,11,14-16H2,1-7H3,(H,26,27);4H,1-3H3;/t18-,19?;;/m0../s1. The Morgan fingerprint density at radius 2 is 1.49 bits per heavy atom. The van der Waals surface area contributed by atoms with Gasteiger partial charge in [0.05, 0.1) is 0 Å². The van der Waals surface area contributed by atoms with E-state index in [1.807, 2.05) is 80.5 Å². The van der Waals surface area contributed by atoms with E-state index in [-0.39, 0.29) is 23.9 Å². The van der Waals surface area contributed by atoms with Crippen molar-refractivity contribution < 1.29 is 33.4 Å². The third-order valence-corrected chi connectivity index (χ3v) is 6.26. The SMILES string of the molecule is CC(C)(C)OC=O.CNC(C[C@H](CCCNC(=O)c1ccc[c]([Tl])c1)C(=O)OC(C)(C)C)C(=O)OC(C)(C)C. The molecule has 2 atom stereocenters. The molecule has 0 fully saturated rings. The van der Waals surface area contributed by atoms with E-state index in [9.17, 15) is 19.2 Å². The van der Waals surface area contributed by atoms with Crippen molar-refractivity contribution in [1.82, 2.24) is 10.6 Å². The second kappa shape index (κ2) is 16.9. The Hall–Kier alpha value is -2.02. The molecule has 0 saturated heterocycles. The Bertz CT molecular complexity index is 931. The number of esters is 2. The molecule has 39 heavy (non-hydrogen) atoms. The second-order valence-corrected chi connectivity index (χ2v) is 14.8. The van der Waals surface area contributed by atoms with Crippen molar-refractivity contribution in [3.63, 3.8) is 0 Å². The van der Waals surface area contributed by atoms with Crippen molar-refractivity contribution >= 4 is 53.2 Å². The van der Waals surface area contributed by atoms with Gasteiger partial charge in [0.1, 0.15) is 11.2 Å². The van der Waals surface area contributed by atoms with Crippen LogP contribution >= 0.6 is 0 Å². The van der Waals surface area contributed by atoms with Gasteiger partial charge in [-0.3, -0.25) is 9.59 Å². The van der Waals surface area contributed by atoms with Gasteiger partial charge in [-0.1, -0.05) is 0 Å². The van der Waals surface area contributed by atoms with Crippen LogP contribution in [0.3, 0.4) is 0 Å². The first-order valence-corrected chi connectivity index (χ1v) is 15.4. The zero-order chi connectivity index (χ0) is 30.4. The van der Waals surface area contributed by atoms with E-state index in [1.54, 1.807) is 13.1 Å². The maximum absolute atomic E-state index is 12.8. The first-order chi connectivity index (χ1) is 17.8. The molecule has 0 saturated carbocycles. The number of likely N-dealkylation sites (N-methyl/N-ethyl adjacent to an activating group) is 1. The van der Waals surface area contributed by atoms with Gasteiger partial charge in [-0.05, 0) is 69.4 Å². The first kappa shape index (κ1) is 37.0. The number of nitrogens with one attached hydrogen (secondary N) is 2. The third-order valence-electron chi connectivity index (χ3n) is 4.87. The van der Waals surface area contributed by atoms with E-state index >= 15 is 0 Å². The monoisotopic (exact) mass is 740 g/mol. The zero-order valence-corrected chi connectivity index (χ0v) is 29.8. The zero-order valence-electron chi connectivity index (χ0n) is 25.3. The predicted octanol–water partition coefficient (Wildman–Crippen LogP) is 3.23. The minimum absolute atomic E-state index is 0.122. The molecule has 218 valence electrons. The number of carbonyl (C=O) groups excluding carboxylic acids is 4. The molecule has 1 aromatic rings. The summed E-state index contributed by atoms with van der Waals surface area (Å²) in [5, 5.41) is 5.87. The Balaban J connectivity index is 0.00000181. The predicted molar refractivity (Wildman–Crippen MR) is 153 cm³/mol. The quantitative estimate of drug-likeness (QED) is 0.117. The molecule has 0 heterocycles. The van der Waals surface area contributed by atoms with Crippen LogP contribution in [0.1, 0.15) is 91.9 Å². The van der Waals surface area contributed by atoms with Crippen molar-refractivity contribution in [2.75, 3.05) is 13.6 Å². The van der Waals surface area contributed by atoms with Gasteiger partial charge in [0.2, 0.25) is 0 Å². The smallest absolute Gasteiger partial charge is 0.459 e. The number of rotatable bonds is 11. The number of hydrogen-bond acceptors (Lipinski definition) is 8. The molecule has 0 aromatic heterocycles. The number of benzene rings is 1. The molecule has 1 amide bonds. The number of carbonyl (C=O) groups is 4. The van der Waals surface area contributed by atoms with Crippen LogP contribution < -0.4 is 13.8 Å². The van der Waals surface area contributed by atoms with Crippen molar-refractivity contribution in [2.24, 2.45) is 5.92 Å². The summed E-state index contributed by atoms with van der Waals surface area (Å²) in [6.07, 6.45) is 1.33. The van der Waals surface area contributed by atoms with Gasteiger partial charge in [0.15, 0.2) is 0 Å². The van der Waals surface area contributed by atoms with Crippen LogP contribution in [0.2, 0.25) is 0 Å². The maximum atomic E-state index is 12.8. The van der Waals surface area contributed by atoms with Crippen LogP contribution in [-0.2, 0) is 28.6 Å². The van der Waals surface area contributed by atoms with Gasteiger partial charge in [-0.2, -0.15) is 0 Å². The normalized spacial score (nSPS) is 13.2. The van der Waals surface area contributed by atoms with Gasteiger partial charge in [-0.25, -0.2) is 0 Å². The van der Waals surface area contributed by atoms with Crippen LogP contribution in [0.15, 0.2) is 24.3 Å². The van der Waals surface area contributed by atoms with Crippen LogP contribution in [0, 0.1) is 5.92 Å². The molecule has 1 unspecified atom stereocenters. The molecule has 0 aliphatic rings. The topological polar surface area (TPSA) is 120 Å². The summed E-state index contributed by atoms with van der Waals surface area (Å²) in [6, 6.07) is 6.97. The molecule has 0 spiro atoms. The summed E-state index contributed by atoms with van der Waals surface area (Å²) in [5.74, 6) is -1.37. The van der Waals surface area contributed by atoms with E-state index in [4.69, 9.17) is 9.47 Å².